The zero-order chi connectivity index (χ0) is 24.0. The van der Waals surface area contributed by atoms with Gasteiger partial charge in [0.15, 0.2) is 0 Å². The molecule has 8 heteroatoms. The van der Waals surface area contributed by atoms with Gasteiger partial charge in [0, 0.05) is 26.2 Å². The van der Waals surface area contributed by atoms with Crippen LogP contribution in [0.25, 0.3) is 0 Å². The van der Waals surface area contributed by atoms with Crippen molar-refractivity contribution in [1.82, 2.24) is 10.2 Å². The summed E-state index contributed by atoms with van der Waals surface area (Å²) in [6.45, 7) is 10.1. The van der Waals surface area contributed by atoms with Crippen LogP contribution in [0.4, 0.5) is 5.69 Å². The van der Waals surface area contributed by atoms with E-state index in [0.717, 1.165) is 55.8 Å². The van der Waals surface area contributed by atoms with Gasteiger partial charge in [-0.15, -0.1) is 0 Å². The number of carbonyl (C=O) groups is 1. The molecule has 1 N–H and O–H groups in total. The maximum absolute atomic E-state index is 13.2. The summed E-state index contributed by atoms with van der Waals surface area (Å²) in [7, 11) is -3.66. The third-order valence-corrected chi connectivity index (χ3v) is 7.07. The Hall–Kier alpha value is -2.42. The van der Waals surface area contributed by atoms with Gasteiger partial charge in [0.1, 0.15) is 6.04 Å². The van der Waals surface area contributed by atoms with Crippen molar-refractivity contribution in [2.75, 3.05) is 36.9 Å². The lowest BCUT2D eigenvalue weighted by Gasteiger charge is -2.31. The number of rotatable bonds is 9. The number of hydrogen-bond donors (Lipinski definition) is 1. The first-order valence-corrected chi connectivity index (χ1v) is 13.3. The van der Waals surface area contributed by atoms with Crippen LogP contribution in [-0.2, 0) is 32.6 Å². The fraction of sp³-hybridized carbons (Fsp3) is 0.480. The van der Waals surface area contributed by atoms with E-state index in [-0.39, 0.29) is 5.91 Å². The van der Waals surface area contributed by atoms with Crippen molar-refractivity contribution in [2.24, 2.45) is 0 Å². The number of nitrogens with one attached hydrogen (secondary N) is 1. The van der Waals surface area contributed by atoms with E-state index in [1.165, 1.54) is 9.87 Å². The Morgan fingerprint density at radius 3 is 2.48 bits per heavy atom. The molecule has 1 aliphatic heterocycles. The Morgan fingerprint density at radius 2 is 1.82 bits per heavy atom. The van der Waals surface area contributed by atoms with Gasteiger partial charge in [-0.1, -0.05) is 43.3 Å². The number of sulfonamides is 1. The Morgan fingerprint density at radius 1 is 1.12 bits per heavy atom. The first-order chi connectivity index (χ1) is 15.7. The van der Waals surface area contributed by atoms with Gasteiger partial charge >= 0.3 is 0 Å². The van der Waals surface area contributed by atoms with Crippen LogP contribution in [0.3, 0.4) is 0 Å². The van der Waals surface area contributed by atoms with Crippen LogP contribution in [0.5, 0.6) is 0 Å². The van der Waals surface area contributed by atoms with E-state index >= 15 is 0 Å². The molecule has 2 aromatic carbocycles. The van der Waals surface area contributed by atoms with Crippen LogP contribution in [0.15, 0.2) is 42.5 Å². The van der Waals surface area contributed by atoms with E-state index in [2.05, 4.69) is 22.3 Å². The maximum atomic E-state index is 13.2. The molecule has 0 bridgehead atoms. The van der Waals surface area contributed by atoms with Gasteiger partial charge in [0.2, 0.25) is 15.9 Å². The summed E-state index contributed by atoms with van der Waals surface area (Å²) in [4.78, 5) is 15.5. The minimum Gasteiger partial charge on any atom is -0.379 e. The molecule has 1 atom stereocenters. The highest BCUT2D eigenvalue weighted by Crippen LogP contribution is 2.27. The van der Waals surface area contributed by atoms with E-state index in [1.54, 1.807) is 0 Å². The molecule has 33 heavy (non-hydrogen) atoms. The first-order valence-electron chi connectivity index (χ1n) is 11.4. The average Bonchev–Trinajstić information content (AvgIpc) is 2.78. The number of anilines is 1. The molecular weight excluding hydrogens is 438 g/mol. The fourth-order valence-corrected chi connectivity index (χ4v) is 5.42. The second-order valence-corrected chi connectivity index (χ2v) is 10.6. The molecule has 0 unspecified atom stereocenters. The highest BCUT2D eigenvalue weighted by atomic mass is 32.2. The van der Waals surface area contributed by atoms with Crippen molar-refractivity contribution in [3.8, 4) is 0 Å². The van der Waals surface area contributed by atoms with Crippen LogP contribution in [0.1, 0.15) is 35.6 Å². The molecule has 1 amide bonds. The number of benzene rings is 2. The zero-order valence-electron chi connectivity index (χ0n) is 20.0. The van der Waals surface area contributed by atoms with Crippen molar-refractivity contribution in [1.29, 1.82) is 0 Å². The van der Waals surface area contributed by atoms with Crippen LogP contribution >= 0.6 is 0 Å². The van der Waals surface area contributed by atoms with Crippen molar-refractivity contribution in [3.63, 3.8) is 0 Å². The van der Waals surface area contributed by atoms with Gasteiger partial charge in [-0.2, -0.15) is 0 Å². The number of morpholine rings is 1. The smallest absolute Gasteiger partial charge is 0.244 e. The molecule has 0 aliphatic carbocycles. The molecule has 0 saturated carbocycles. The molecule has 0 aromatic heterocycles. The molecule has 1 heterocycles. The van der Waals surface area contributed by atoms with Gasteiger partial charge < -0.3 is 10.1 Å². The zero-order valence-corrected chi connectivity index (χ0v) is 20.8. The monoisotopic (exact) mass is 473 g/mol. The van der Waals surface area contributed by atoms with E-state index in [4.69, 9.17) is 4.74 Å². The predicted molar refractivity (Wildman–Crippen MR) is 132 cm³/mol. The highest BCUT2D eigenvalue weighted by Gasteiger charge is 2.32. The Balaban J connectivity index is 1.73. The number of amides is 1. The van der Waals surface area contributed by atoms with Crippen LogP contribution in [0.2, 0.25) is 0 Å². The molecule has 0 radical (unpaired) electrons. The van der Waals surface area contributed by atoms with Gasteiger partial charge in [-0.25, -0.2) is 8.42 Å². The standard InChI is InChI=1S/C25H35N3O4S/c1-5-23(28(33(4,30)31)24-15-19(2)9-10-20(24)3)25(29)26-17-21-7-6-8-22(16-21)18-27-11-13-32-14-12-27/h6-10,15-16,23H,5,11-14,17-18H2,1-4H3,(H,26,29)/t23-/m1/s1. The normalized spacial score (nSPS) is 15.8. The summed E-state index contributed by atoms with van der Waals surface area (Å²) in [6.07, 6.45) is 1.52. The largest absolute Gasteiger partial charge is 0.379 e. The topological polar surface area (TPSA) is 79.0 Å². The van der Waals surface area contributed by atoms with E-state index < -0.39 is 16.1 Å². The lowest BCUT2D eigenvalue weighted by Crippen LogP contribution is -2.49. The molecule has 180 valence electrons. The SMILES string of the molecule is CC[C@H](C(=O)NCc1cccc(CN2CCOCC2)c1)N(c1cc(C)ccc1C)S(C)(=O)=O. The van der Waals surface area contributed by atoms with E-state index in [0.29, 0.717) is 18.7 Å². The third kappa shape index (κ3) is 6.79. The summed E-state index contributed by atoms with van der Waals surface area (Å²) in [6, 6.07) is 13.0. The average molecular weight is 474 g/mol. The lowest BCUT2D eigenvalue weighted by atomic mass is 10.1. The van der Waals surface area contributed by atoms with Gasteiger partial charge in [0.25, 0.3) is 0 Å². The summed E-state index contributed by atoms with van der Waals surface area (Å²) in [5, 5.41) is 2.96. The molecule has 2 aromatic rings. The van der Waals surface area contributed by atoms with Crippen LogP contribution in [-0.4, -0.2) is 57.8 Å². The van der Waals surface area contributed by atoms with E-state index in [1.807, 2.05) is 51.1 Å². The molecule has 7 nitrogen and oxygen atoms in total. The van der Waals surface area contributed by atoms with Crippen molar-refractivity contribution in [2.45, 2.75) is 46.3 Å². The molecule has 3 rings (SSSR count). The third-order valence-electron chi connectivity index (χ3n) is 5.90. The number of aryl methyl sites for hydroxylation is 2. The number of ether oxygens (including phenoxy) is 1. The first kappa shape index (κ1) is 25.2. The minimum atomic E-state index is -3.66. The Labute approximate surface area is 197 Å². The Bertz CT molecular complexity index is 1070. The molecular formula is C25H35N3O4S. The minimum absolute atomic E-state index is 0.303. The number of carbonyl (C=O) groups excluding carboxylic acids is 1. The second-order valence-electron chi connectivity index (χ2n) is 8.70. The van der Waals surface area contributed by atoms with Gasteiger partial charge in [0.05, 0.1) is 25.2 Å². The molecule has 0 spiro atoms. The van der Waals surface area contributed by atoms with Crippen LogP contribution < -0.4 is 9.62 Å². The molecule has 1 saturated heterocycles. The Kier molecular flexibility index (Phi) is 8.51. The summed E-state index contributed by atoms with van der Waals surface area (Å²) >= 11 is 0. The number of nitrogens with zero attached hydrogens (tertiary/aromatic N) is 2. The summed E-state index contributed by atoms with van der Waals surface area (Å²) < 4.78 is 32.2. The van der Waals surface area contributed by atoms with Crippen LogP contribution in [0, 0.1) is 13.8 Å². The maximum Gasteiger partial charge on any atom is 0.244 e. The van der Waals surface area contributed by atoms with E-state index in [9.17, 15) is 13.2 Å². The lowest BCUT2D eigenvalue weighted by molar-refractivity contribution is -0.122. The summed E-state index contributed by atoms with van der Waals surface area (Å²) in [5.74, 6) is -0.303. The van der Waals surface area contributed by atoms with Gasteiger partial charge in [-0.05, 0) is 48.6 Å². The molecule has 1 fully saturated rings. The highest BCUT2D eigenvalue weighted by molar-refractivity contribution is 7.92. The van der Waals surface area contributed by atoms with Crippen molar-refractivity contribution in [3.05, 3.63) is 64.7 Å². The fourth-order valence-electron chi connectivity index (χ4n) is 4.15. The second kappa shape index (κ2) is 11.1. The van der Waals surface area contributed by atoms with Crippen molar-refractivity contribution >= 4 is 21.6 Å². The van der Waals surface area contributed by atoms with Gasteiger partial charge in [-0.3, -0.25) is 14.0 Å². The predicted octanol–water partition coefficient (Wildman–Crippen LogP) is 3.00. The quantitative estimate of drug-likeness (QED) is 0.606. The summed E-state index contributed by atoms with van der Waals surface area (Å²) in [5.41, 5.74) is 4.47. The number of hydrogen-bond acceptors (Lipinski definition) is 5. The van der Waals surface area contributed by atoms with Crippen molar-refractivity contribution < 1.29 is 17.9 Å². The molecule has 1 aliphatic rings.